The quantitative estimate of drug-likeness (QED) is 0.0199. The summed E-state index contributed by atoms with van der Waals surface area (Å²) in [7, 11) is 0. The van der Waals surface area contributed by atoms with E-state index in [2.05, 4.69) is 53.2 Å². The number of nitrogens with one attached hydrogen (secondary N) is 10. The molecule has 17 unspecified atom stereocenters. The first-order valence-corrected chi connectivity index (χ1v) is 39.4. The molecule has 0 aromatic heterocycles. The van der Waals surface area contributed by atoms with Gasteiger partial charge in [-0.25, -0.2) is 0 Å². The van der Waals surface area contributed by atoms with Crippen LogP contribution in [-0.4, -0.2) is 340 Å². The maximum atomic E-state index is 14.1. The third-order valence-electron chi connectivity index (χ3n) is 18.5. The summed E-state index contributed by atoms with van der Waals surface area (Å²) in [4.78, 5) is 141. The SMILES string of the molecule is CC(=O)NC1C(OCCCCC(=O)NCCCCC(NC(=O)CCCCOC2OC(CO)C(O)C(O)C2NC(C)=O)C(=O)NCCCCC(NC(=O)C(CCCCNC(=O)CCCCOC(OC(CO)[C@@H](C)O)[C@H](CO)NC(C)=O)NC(=O)CCCCOC(OC(CO)[C@@H](C)O)[C@H](CO)NC(C)=O)C(C)=O)OC(CO)C(O)C1O. The van der Waals surface area contributed by atoms with E-state index in [1.54, 1.807) is 0 Å². The Morgan fingerprint density at radius 2 is 0.728 bits per heavy atom. The first kappa shape index (κ1) is 104. The molecule has 2 saturated heterocycles. The van der Waals surface area contributed by atoms with Crippen LogP contribution in [-0.2, 0) is 90.6 Å². The monoisotopic (exact) mass is 1640 g/mol. The summed E-state index contributed by atoms with van der Waals surface area (Å²) in [6.07, 6.45) is -13.3. The Hall–Kier alpha value is -6.43. The van der Waals surface area contributed by atoms with Crippen LogP contribution in [0.25, 0.3) is 0 Å². The molecule has 2 fully saturated rings. The molecule has 41 heteroatoms. The summed E-state index contributed by atoms with van der Waals surface area (Å²) >= 11 is 0. The Morgan fingerprint density at radius 1 is 0.377 bits per heavy atom. The Balaban J connectivity index is 2.16. The average molecular weight is 1650 g/mol. The topological polar surface area (TPSA) is 625 Å². The van der Waals surface area contributed by atoms with Gasteiger partial charge < -0.3 is 152 Å². The van der Waals surface area contributed by atoms with Crippen LogP contribution in [0.2, 0.25) is 0 Å². The van der Waals surface area contributed by atoms with E-state index in [9.17, 15) is 114 Å². The van der Waals surface area contributed by atoms with Crippen LogP contribution in [0, 0.1) is 0 Å². The zero-order valence-corrected chi connectivity index (χ0v) is 66.8. The molecule has 2 heterocycles. The number of Topliss-reactive ketones (excluding diaryl/α,β-unsaturated/α-hetero) is 1. The molecule has 0 radical (unpaired) electrons. The highest BCUT2D eigenvalue weighted by Crippen LogP contribution is 2.25. The minimum Gasteiger partial charge on any atom is -0.394 e. The van der Waals surface area contributed by atoms with E-state index in [1.165, 1.54) is 48.5 Å². The molecule has 22 N–H and O–H groups in total. The van der Waals surface area contributed by atoms with Gasteiger partial charge in [-0.15, -0.1) is 0 Å². The van der Waals surface area contributed by atoms with Gasteiger partial charge in [-0.2, -0.15) is 0 Å². The standard InChI is InChI=1S/C73H132N10O31/c1-42(90)49(83-69(106)51(82-61(100)28-13-20-33-108-71(53(37-85)78-46(5)94)112-55(39-87)44(3)92)24-10-16-30-75-58(97)25-11-18-32-107-70(52(36-84)77-45(4)93)111-54(38-86)43(2)91)22-8-17-31-76-68(105)50(81-60(99)27-14-21-35-110-73-63(80-48(7)96)67(104)65(102)57(41-89)114-73)23-9-15-29-74-59(98)26-12-19-34-109-72-62(79-47(6)95)66(103)64(101)56(40-88)113-72/h43-44,49-57,62-67,70-73,84-89,91-92,101-104H,8-41H2,1-7H3,(H,74,98)(H,75,97)(H,76,105)(H,77,93)(H,78,94)(H,79,95)(H,80,96)(H,81,99)(H,82,100)(H,83,106)/t43-,44-,49?,50?,51?,52+,53+,54?,55?,56?,57?,62?,63?,64?,65?,66?,67?,70?,71?,72?,73?/m1/s1. The molecule has 21 atom stereocenters. The Morgan fingerprint density at radius 3 is 1.06 bits per heavy atom. The van der Waals surface area contributed by atoms with E-state index in [0.717, 1.165) is 0 Å². The third kappa shape index (κ3) is 42.1. The Bertz CT molecular complexity index is 2810. The summed E-state index contributed by atoms with van der Waals surface area (Å²) < 4.78 is 45.6. The maximum Gasteiger partial charge on any atom is 0.243 e. The molecule has 660 valence electrons. The van der Waals surface area contributed by atoms with Gasteiger partial charge in [0.05, 0.1) is 57.9 Å². The second kappa shape index (κ2) is 59.3. The van der Waals surface area contributed by atoms with Crippen molar-refractivity contribution in [1.82, 2.24) is 53.2 Å². The number of hydrogen-bond acceptors (Lipinski definition) is 31. The lowest BCUT2D eigenvalue weighted by molar-refractivity contribution is -0.270. The number of unbranched alkanes of at least 4 members (excludes halogenated alkanes) is 7. The zero-order valence-electron chi connectivity index (χ0n) is 66.8. The molecule has 0 spiro atoms. The first-order valence-electron chi connectivity index (χ1n) is 39.4. The fourth-order valence-corrected chi connectivity index (χ4v) is 12.1. The van der Waals surface area contributed by atoms with Crippen molar-refractivity contribution in [3.63, 3.8) is 0 Å². The number of ether oxygens (including phenoxy) is 8. The molecule has 2 rings (SSSR count). The molecule has 2 aliphatic rings. The molecular weight excluding hydrogens is 1510 g/mol. The second-order valence-electron chi connectivity index (χ2n) is 28.5. The summed E-state index contributed by atoms with van der Waals surface area (Å²) in [6.45, 7) is 5.61. The lowest BCUT2D eigenvalue weighted by atomic mass is 9.97. The lowest BCUT2D eigenvalue weighted by Gasteiger charge is -2.42. The minimum atomic E-state index is -1.53. The number of amides is 10. The van der Waals surface area contributed by atoms with Crippen molar-refractivity contribution >= 4 is 64.9 Å². The molecule has 0 aromatic carbocycles. The highest BCUT2D eigenvalue weighted by Gasteiger charge is 2.47. The molecule has 114 heavy (non-hydrogen) atoms. The van der Waals surface area contributed by atoms with Gasteiger partial charge in [0.1, 0.15) is 85.1 Å². The predicted octanol–water partition coefficient (Wildman–Crippen LogP) is -6.31. The molecule has 0 saturated carbocycles. The molecule has 0 aromatic rings. The number of carbonyl (C=O) groups excluding carboxylic acids is 11. The van der Waals surface area contributed by atoms with Crippen molar-refractivity contribution in [3.05, 3.63) is 0 Å². The van der Waals surface area contributed by atoms with Crippen molar-refractivity contribution in [2.75, 3.05) is 85.7 Å². The highest BCUT2D eigenvalue weighted by atomic mass is 16.7. The summed E-state index contributed by atoms with van der Waals surface area (Å²) in [5.41, 5.74) is 0. The average Bonchev–Trinajstić information content (AvgIpc) is 0.811. The fraction of sp³-hybridized carbons (Fsp3) is 0.849. The van der Waals surface area contributed by atoms with E-state index in [-0.39, 0.29) is 135 Å². The highest BCUT2D eigenvalue weighted by molar-refractivity contribution is 5.92. The van der Waals surface area contributed by atoms with Crippen LogP contribution >= 0.6 is 0 Å². The van der Waals surface area contributed by atoms with Crippen LogP contribution in [0.4, 0.5) is 0 Å². The zero-order chi connectivity index (χ0) is 85.2. The predicted molar refractivity (Wildman–Crippen MR) is 401 cm³/mol. The van der Waals surface area contributed by atoms with Crippen LogP contribution in [0.15, 0.2) is 0 Å². The number of hydrogen-bond donors (Lipinski definition) is 22. The summed E-state index contributed by atoms with van der Waals surface area (Å²) in [6, 6.07) is -7.69. The van der Waals surface area contributed by atoms with Gasteiger partial charge in [0, 0.05) is 99.4 Å². The van der Waals surface area contributed by atoms with Crippen molar-refractivity contribution in [1.29, 1.82) is 0 Å². The van der Waals surface area contributed by atoms with Crippen LogP contribution in [0.5, 0.6) is 0 Å². The van der Waals surface area contributed by atoms with E-state index in [4.69, 9.17) is 37.9 Å². The van der Waals surface area contributed by atoms with Gasteiger partial charge in [-0.3, -0.25) is 52.7 Å². The van der Waals surface area contributed by atoms with Gasteiger partial charge in [-0.1, -0.05) is 0 Å². The number of ketones is 1. The summed E-state index contributed by atoms with van der Waals surface area (Å²) in [5.74, 6) is -5.34. The van der Waals surface area contributed by atoms with Gasteiger partial charge >= 0.3 is 0 Å². The molecule has 41 nitrogen and oxygen atoms in total. The molecule has 10 amide bonds. The smallest absolute Gasteiger partial charge is 0.243 e. The van der Waals surface area contributed by atoms with E-state index < -0.39 is 221 Å². The lowest BCUT2D eigenvalue weighted by Crippen LogP contribution is -2.64. The van der Waals surface area contributed by atoms with E-state index in [1.807, 2.05) is 0 Å². The van der Waals surface area contributed by atoms with E-state index in [0.29, 0.717) is 57.8 Å². The number of aliphatic hydroxyl groups excluding tert-OH is 12. The fourth-order valence-electron chi connectivity index (χ4n) is 12.1. The summed E-state index contributed by atoms with van der Waals surface area (Å²) in [5, 5.41) is 147. The van der Waals surface area contributed by atoms with Gasteiger partial charge in [0.2, 0.25) is 59.1 Å². The van der Waals surface area contributed by atoms with Crippen molar-refractivity contribution in [2.45, 2.75) is 312 Å². The first-order chi connectivity index (χ1) is 54.2. The Labute approximate surface area is 665 Å². The van der Waals surface area contributed by atoms with E-state index >= 15 is 0 Å². The number of rotatable bonds is 63. The van der Waals surface area contributed by atoms with Crippen LogP contribution < -0.4 is 53.2 Å². The Kier molecular flexibility index (Phi) is 53.9. The van der Waals surface area contributed by atoms with Crippen LogP contribution in [0.3, 0.4) is 0 Å². The molecule has 0 aliphatic carbocycles. The van der Waals surface area contributed by atoms with Gasteiger partial charge in [0.15, 0.2) is 30.9 Å². The van der Waals surface area contributed by atoms with Crippen LogP contribution in [0.1, 0.15) is 183 Å². The minimum absolute atomic E-state index is 0.0162. The number of aliphatic hydroxyl groups is 12. The molecule has 2 aliphatic heterocycles. The van der Waals surface area contributed by atoms with Crippen molar-refractivity contribution < 1.29 is 152 Å². The van der Waals surface area contributed by atoms with Gasteiger partial charge in [0.25, 0.3) is 0 Å². The van der Waals surface area contributed by atoms with Gasteiger partial charge in [-0.05, 0) is 130 Å². The normalized spacial score (nSPS) is 22.4. The van der Waals surface area contributed by atoms with Crippen molar-refractivity contribution in [2.24, 2.45) is 0 Å². The second-order valence-corrected chi connectivity index (χ2v) is 28.5. The molecular formula is C73H132N10O31. The maximum absolute atomic E-state index is 14.1. The molecule has 0 bridgehead atoms. The third-order valence-corrected chi connectivity index (χ3v) is 18.5. The van der Waals surface area contributed by atoms with Crippen molar-refractivity contribution in [3.8, 4) is 0 Å². The number of carbonyl (C=O) groups is 11. The largest absolute Gasteiger partial charge is 0.394 e.